The largest absolute Gasteiger partial charge is 0.312 e. The minimum Gasteiger partial charge on any atom is -0.312 e. The average molecular weight is 278 g/mol. The molecule has 2 aliphatic rings. The molecule has 106 valence electrons. The zero-order valence-electron chi connectivity index (χ0n) is 12.0. The van der Waals surface area contributed by atoms with Crippen molar-refractivity contribution >= 4 is 11.3 Å². The molecule has 2 aliphatic carbocycles. The molecule has 1 unspecified atom stereocenters. The Kier molecular flexibility index (Phi) is 4.57. The van der Waals surface area contributed by atoms with Crippen molar-refractivity contribution in [2.75, 3.05) is 6.54 Å². The Labute approximate surface area is 121 Å². The summed E-state index contributed by atoms with van der Waals surface area (Å²) in [6, 6.07) is 4.72. The molecule has 0 radical (unpaired) electrons. The molecule has 1 aromatic rings. The zero-order valence-corrected chi connectivity index (χ0v) is 12.8. The first-order valence-electron chi connectivity index (χ1n) is 7.87. The van der Waals surface area contributed by atoms with Gasteiger partial charge in [0.1, 0.15) is 0 Å². The molecule has 0 aromatic carbocycles. The summed E-state index contributed by atoms with van der Waals surface area (Å²) in [5.41, 5.74) is 1.50. The Hall–Kier alpha value is -0.380. The smallest absolute Gasteiger partial charge is 0.0248 e. The summed E-state index contributed by atoms with van der Waals surface area (Å²) in [6.07, 6.45) is 8.24. The lowest BCUT2D eigenvalue weighted by molar-refractivity contribution is 0.162. The SMILES string of the molecule is CCCC(CNC1CC1)N(Cc1ccsc1)C1CC1. The fourth-order valence-corrected chi connectivity index (χ4v) is 3.52. The molecule has 0 bridgehead atoms. The lowest BCUT2D eigenvalue weighted by atomic mass is 10.1. The van der Waals surface area contributed by atoms with Crippen LogP contribution in [-0.2, 0) is 6.54 Å². The summed E-state index contributed by atoms with van der Waals surface area (Å²) >= 11 is 1.82. The van der Waals surface area contributed by atoms with Crippen LogP contribution in [0.2, 0.25) is 0 Å². The van der Waals surface area contributed by atoms with Gasteiger partial charge in [0, 0.05) is 31.2 Å². The predicted molar refractivity (Wildman–Crippen MR) is 82.6 cm³/mol. The Balaban J connectivity index is 1.60. The Bertz CT molecular complexity index is 368. The molecule has 2 saturated carbocycles. The molecule has 1 atom stereocenters. The second kappa shape index (κ2) is 6.38. The maximum absolute atomic E-state index is 3.75. The topological polar surface area (TPSA) is 15.3 Å². The van der Waals surface area contributed by atoms with Crippen LogP contribution in [0, 0.1) is 0 Å². The molecule has 0 spiro atoms. The van der Waals surface area contributed by atoms with Crippen molar-refractivity contribution in [2.45, 2.75) is 70.1 Å². The Morgan fingerprint density at radius 1 is 1.37 bits per heavy atom. The second-order valence-electron chi connectivity index (χ2n) is 6.16. The lowest BCUT2D eigenvalue weighted by Gasteiger charge is -2.32. The quantitative estimate of drug-likeness (QED) is 0.742. The minimum atomic E-state index is 0.734. The highest BCUT2D eigenvalue weighted by molar-refractivity contribution is 7.07. The van der Waals surface area contributed by atoms with Gasteiger partial charge in [-0.15, -0.1) is 0 Å². The molecule has 1 aromatic heterocycles. The van der Waals surface area contributed by atoms with Crippen molar-refractivity contribution in [2.24, 2.45) is 0 Å². The van der Waals surface area contributed by atoms with Crippen LogP contribution in [0.25, 0.3) is 0 Å². The summed E-state index contributed by atoms with van der Waals surface area (Å²) < 4.78 is 0. The third-order valence-electron chi connectivity index (χ3n) is 4.27. The van der Waals surface area contributed by atoms with E-state index in [1.807, 2.05) is 11.3 Å². The van der Waals surface area contributed by atoms with Crippen molar-refractivity contribution in [3.63, 3.8) is 0 Å². The molecule has 3 rings (SSSR count). The van der Waals surface area contributed by atoms with E-state index in [0.29, 0.717) is 0 Å². The highest BCUT2D eigenvalue weighted by Gasteiger charge is 2.34. The van der Waals surface area contributed by atoms with Gasteiger partial charge in [-0.25, -0.2) is 0 Å². The maximum Gasteiger partial charge on any atom is 0.0248 e. The number of rotatable bonds is 9. The minimum absolute atomic E-state index is 0.734. The van der Waals surface area contributed by atoms with E-state index in [-0.39, 0.29) is 0 Å². The molecule has 0 aliphatic heterocycles. The van der Waals surface area contributed by atoms with E-state index in [9.17, 15) is 0 Å². The van der Waals surface area contributed by atoms with Crippen LogP contribution < -0.4 is 5.32 Å². The van der Waals surface area contributed by atoms with Crippen molar-refractivity contribution in [1.29, 1.82) is 0 Å². The maximum atomic E-state index is 3.75. The normalized spacial score (nSPS) is 20.9. The van der Waals surface area contributed by atoms with Crippen LogP contribution in [0.3, 0.4) is 0 Å². The predicted octanol–water partition coefficient (Wildman–Crippen LogP) is 3.63. The summed E-state index contributed by atoms with van der Waals surface area (Å²) in [6.45, 7) is 4.67. The molecule has 2 nitrogen and oxygen atoms in total. The number of hydrogen-bond acceptors (Lipinski definition) is 3. The van der Waals surface area contributed by atoms with E-state index in [0.717, 1.165) is 24.7 Å². The summed E-state index contributed by atoms with van der Waals surface area (Å²) in [4.78, 5) is 2.78. The first kappa shape index (κ1) is 13.6. The first-order valence-corrected chi connectivity index (χ1v) is 8.81. The van der Waals surface area contributed by atoms with Crippen molar-refractivity contribution in [3.8, 4) is 0 Å². The van der Waals surface area contributed by atoms with E-state index in [4.69, 9.17) is 0 Å². The zero-order chi connectivity index (χ0) is 13.1. The third kappa shape index (κ3) is 4.04. The fraction of sp³-hybridized carbons (Fsp3) is 0.750. The molecule has 0 amide bonds. The monoisotopic (exact) mass is 278 g/mol. The van der Waals surface area contributed by atoms with Gasteiger partial charge in [0.05, 0.1) is 0 Å². The Morgan fingerprint density at radius 2 is 2.21 bits per heavy atom. The van der Waals surface area contributed by atoms with Crippen molar-refractivity contribution < 1.29 is 0 Å². The van der Waals surface area contributed by atoms with Crippen molar-refractivity contribution in [1.82, 2.24) is 10.2 Å². The van der Waals surface area contributed by atoms with Gasteiger partial charge in [-0.05, 0) is 54.5 Å². The van der Waals surface area contributed by atoms with Gasteiger partial charge < -0.3 is 5.32 Å². The number of nitrogens with one attached hydrogen (secondary N) is 1. The lowest BCUT2D eigenvalue weighted by Crippen LogP contribution is -2.43. The highest BCUT2D eigenvalue weighted by Crippen LogP contribution is 2.32. The van der Waals surface area contributed by atoms with Gasteiger partial charge >= 0.3 is 0 Å². The molecular weight excluding hydrogens is 252 g/mol. The van der Waals surface area contributed by atoms with Gasteiger partial charge in [-0.1, -0.05) is 13.3 Å². The standard InChI is InChI=1S/C16H26N2S/c1-2-3-16(10-17-14-4-5-14)18(15-6-7-15)11-13-8-9-19-12-13/h8-9,12,14-17H,2-7,10-11H2,1H3. The third-order valence-corrected chi connectivity index (χ3v) is 5.00. The molecule has 19 heavy (non-hydrogen) atoms. The number of thiophene rings is 1. The van der Waals surface area contributed by atoms with E-state index >= 15 is 0 Å². The van der Waals surface area contributed by atoms with Crippen LogP contribution in [0.4, 0.5) is 0 Å². The van der Waals surface area contributed by atoms with Crippen LogP contribution in [-0.4, -0.2) is 29.6 Å². The second-order valence-corrected chi connectivity index (χ2v) is 6.94. The fourth-order valence-electron chi connectivity index (χ4n) is 2.86. The summed E-state index contributed by atoms with van der Waals surface area (Å²) in [5, 5.41) is 8.26. The van der Waals surface area contributed by atoms with Gasteiger partial charge in [0.25, 0.3) is 0 Å². The Morgan fingerprint density at radius 3 is 2.79 bits per heavy atom. The van der Waals surface area contributed by atoms with Crippen LogP contribution in [0.5, 0.6) is 0 Å². The molecular formula is C16H26N2S. The summed E-state index contributed by atoms with van der Waals surface area (Å²) in [5.74, 6) is 0. The number of hydrogen-bond donors (Lipinski definition) is 1. The highest BCUT2D eigenvalue weighted by atomic mass is 32.1. The molecule has 1 N–H and O–H groups in total. The van der Waals surface area contributed by atoms with Crippen molar-refractivity contribution in [3.05, 3.63) is 22.4 Å². The molecule has 1 heterocycles. The molecule has 3 heteroatoms. The number of nitrogens with zero attached hydrogens (tertiary/aromatic N) is 1. The van der Waals surface area contributed by atoms with Crippen LogP contribution >= 0.6 is 11.3 Å². The summed E-state index contributed by atoms with van der Waals surface area (Å²) in [7, 11) is 0. The van der Waals surface area contributed by atoms with Gasteiger partial charge in [-0.3, -0.25) is 4.90 Å². The van der Waals surface area contributed by atoms with Gasteiger partial charge in [0.2, 0.25) is 0 Å². The van der Waals surface area contributed by atoms with Crippen LogP contribution in [0.15, 0.2) is 16.8 Å². The van der Waals surface area contributed by atoms with E-state index in [1.54, 1.807) is 0 Å². The molecule has 0 saturated heterocycles. The van der Waals surface area contributed by atoms with Crippen LogP contribution in [0.1, 0.15) is 51.0 Å². The van der Waals surface area contributed by atoms with Gasteiger partial charge in [0.15, 0.2) is 0 Å². The van der Waals surface area contributed by atoms with E-state index in [2.05, 4.69) is 34.0 Å². The average Bonchev–Trinajstić information content (AvgIpc) is 3.33. The van der Waals surface area contributed by atoms with Gasteiger partial charge in [-0.2, -0.15) is 11.3 Å². The van der Waals surface area contributed by atoms with E-state index in [1.165, 1.54) is 50.6 Å². The molecule has 2 fully saturated rings. The van der Waals surface area contributed by atoms with E-state index < -0.39 is 0 Å². The first-order chi connectivity index (χ1) is 9.36.